The lowest BCUT2D eigenvalue weighted by Crippen LogP contribution is -1.90. The zero-order valence-electron chi connectivity index (χ0n) is 32.3. The van der Waals surface area contributed by atoms with Crippen molar-refractivity contribution in [1.82, 2.24) is 0 Å². The SMILES string of the molecule is [2H]c1c(-c2cccc3oc4cc(-c5ccccc5)ccc4c23)c([2H])c2c([2H])c([2H])c(-c3c4ccccc4c(-c4ccccc4)c4ccccc34)c([2H])c2c1[2H]. The van der Waals surface area contributed by atoms with E-state index in [4.69, 9.17) is 4.42 Å². The Morgan fingerprint density at radius 1 is 0.367 bits per heavy atom. The van der Waals surface area contributed by atoms with Gasteiger partial charge in [0.15, 0.2) is 0 Å². The van der Waals surface area contributed by atoms with Crippen molar-refractivity contribution in [2.24, 2.45) is 0 Å². The van der Waals surface area contributed by atoms with E-state index in [2.05, 4.69) is 12.1 Å². The fraction of sp³-hybridized carbons (Fsp3) is 0. The number of hydrogen-bond acceptors (Lipinski definition) is 1. The van der Waals surface area contributed by atoms with Gasteiger partial charge in [-0.1, -0.05) is 152 Å². The van der Waals surface area contributed by atoms with Crippen LogP contribution in [-0.2, 0) is 0 Å². The molecule has 0 unspecified atom stereocenters. The fourth-order valence-electron chi connectivity index (χ4n) is 7.29. The van der Waals surface area contributed by atoms with Crippen LogP contribution < -0.4 is 0 Å². The maximum absolute atomic E-state index is 9.69. The van der Waals surface area contributed by atoms with Crippen molar-refractivity contribution in [2.75, 3.05) is 0 Å². The van der Waals surface area contributed by atoms with Gasteiger partial charge in [0.1, 0.15) is 11.2 Å². The zero-order chi connectivity index (χ0) is 37.5. The van der Waals surface area contributed by atoms with Crippen molar-refractivity contribution < 1.29 is 12.6 Å². The molecule has 0 N–H and O–H groups in total. The van der Waals surface area contributed by atoms with E-state index >= 15 is 0 Å². The van der Waals surface area contributed by atoms with Gasteiger partial charge in [-0.05, 0) is 107 Å². The monoisotopic (exact) mass is 628 g/mol. The summed E-state index contributed by atoms with van der Waals surface area (Å²) in [7, 11) is 0. The standard InChI is InChI=1S/C48H30O/c1-3-12-31(13-4-1)35-26-27-43-45(30-35)49-44-21-11-20-38(48(43)44)36-24-22-34-29-37(25-23-33(34)28-36)47-41-18-9-7-16-39(41)46(32-14-5-2-6-15-32)40-17-8-10-19-42(40)47/h1-30H/i22D,23D,24D,25D,28D,29D. The highest BCUT2D eigenvalue weighted by Gasteiger charge is 2.17. The maximum Gasteiger partial charge on any atom is 0.136 e. The first-order valence-corrected chi connectivity index (χ1v) is 16.4. The van der Waals surface area contributed by atoms with E-state index in [9.17, 15) is 8.22 Å². The summed E-state index contributed by atoms with van der Waals surface area (Å²) in [6.45, 7) is 0. The molecule has 1 heteroatoms. The van der Waals surface area contributed by atoms with Crippen LogP contribution in [0, 0.1) is 0 Å². The van der Waals surface area contributed by atoms with Gasteiger partial charge in [-0.2, -0.15) is 0 Å². The number of hydrogen-bond donors (Lipinski definition) is 0. The Labute approximate surface area is 292 Å². The van der Waals surface area contributed by atoms with Crippen molar-refractivity contribution in [2.45, 2.75) is 0 Å². The molecule has 0 amide bonds. The normalized spacial score (nSPS) is 13.4. The van der Waals surface area contributed by atoms with Crippen LogP contribution >= 0.6 is 0 Å². The summed E-state index contributed by atoms with van der Waals surface area (Å²) in [4.78, 5) is 0. The van der Waals surface area contributed by atoms with Crippen LogP contribution in [0.1, 0.15) is 8.22 Å². The third-order valence-electron chi connectivity index (χ3n) is 9.49. The Kier molecular flexibility index (Phi) is 5.02. The second-order valence-corrected chi connectivity index (χ2v) is 12.3. The van der Waals surface area contributed by atoms with Crippen molar-refractivity contribution in [3.8, 4) is 44.5 Å². The van der Waals surface area contributed by atoms with Crippen molar-refractivity contribution in [3.05, 3.63) is 182 Å². The Morgan fingerprint density at radius 3 is 1.57 bits per heavy atom. The Hall–Kier alpha value is -6.44. The Morgan fingerprint density at radius 2 is 0.918 bits per heavy atom. The minimum atomic E-state index is -0.258. The number of fused-ring (bicyclic) bond motifs is 6. The van der Waals surface area contributed by atoms with Crippen LogP contribution in [0.2, 0.25) is 0 Å². The summed E-state index contributed by atoms with van der Waals surface area (Å²) >= 11 is 0. The summed E-state index contributed by atoms with van der Waals surface area (Å²) < 4.78 is 63.4. The molecule has 0 saturated carbocycles. The number of benzene rings is 9. The van der Waals surface area contributed by atoms with Crippen molar-refractivity contribution in [3.63, 3.8) is 0 Å². The van der Waals surface area contributed by atoms with Gasteiger partial charge in [0.2, 0.25) is 0 Å². The van der Waals surface area contributed by atoms with Crippen LogP contribution in [0.4, 0.5) is 0 Å². The number of furan rings is 1. The molecule has 0 saturated heterocycles. The first-order valence-electron chi connectivity index (χ1n) is 19.4. The fourth-order valence-corrected chi connectivity index (χ4v) is 7.29. The van der Waals surface area contributed by atoms with Gasteiger partial charge in [0, 0.05) is 10.8 Å². The average molecular weight is 629 g/mol. The summed E-state index contributed by atoms with van der Waals surface area (Å²) in [5.41, 5.74) is 6.87. The summed E-state index contributed by atoms with van der Waals surface area (Å²) in [6, 6.07) is 46.2. The van der Waals surface area contributed by atoms with Crippen LogP contribution in [-0.4, -0.2) is 0 Å². The van der Waals surface area contributed by atoms with Gasteiger partial charge in [0.05, 0.1) is 8.22 Å². The third kappa shape index (κ3) is 4.47. The highest BCUT2D eigenvalue weighted by Crippen LogP contribution is 2.44. The average Bonchev–Trinajstić information content (AvgIpc) is 3.60. The smallest absolute Gasteiger partial charge is 0.136 e. The predicted octanol–water partition coefficient (Wildman–Crippen LogP) is 13.7. The largest absolute Gasteiger partial charge is 0.456 e. The zero-order valence-corrected chi connectivity index (χ0v) is 26.3. The molecule has 10 aromatic rings. The van der Waals surface area contributed by atoms with E-state index in [1.807, 2.05) is 127 Å². The minimum absolute atomic E-state index is 0.0143. The molecule has 9 aromatic carbocycles. The van der Waals surface area contributed by atoms with E-state index < -0.39 is 0 Å². The molecular weight excluding hydrogens is 593 g/mol. The highest BCUT2D eigenvalue weighted by molar-refractivity contribution is 6.22. The molecule has 1 nitrogen and oxygen atoms in total. The van der Waals surface area contributed by atoms with E-state index in [1.165, 1.54) is 0 Å². The molecule has 0 aliphatic rings. The molecule has 0 radical (unpaired) electrons. The summed E-state index contributed by atoms with van der Waals surface area (Å²) in [5, 5.41) is 5.05. The van der Waals surface area contributed by atoms with Crippen LogP contribution in [0.15, 0.2) is 186 Å². The molecule has 0 aliphatic carbocycles. The molecular formula is C48H30O. The topological polar surface area (TPSA) is 13.1 Å². The molecule has 228 valence electrons. The summed E-state index contributed by atoms with van der Waals surface area (Å²) in [5.74, 6) is 0. The van der Waals surface area contributed by atoms with Gasteiger partial charge in [-0.25, -0.2) is 0 Å². The molecule has 0 atom stereocenters. The van der Waals surface area contributed by atoms with Gasteiger partial charge >= 0.3 is 0 Å². The first-order chi connectivity index (χ1) is 26.8. The highest BCUT2D eigenvalue weighted by atomic mass is 16.3. The van der Waals surface area contributed by atoms with Gasteiger partial charge < -0.3 is 4.42 Å². The Balaban J connectivity index is 1.25. The van der Waals surface area contributed by atoms with Gasteiger partial charge in [0.25, 0.3) is 0 Å². The van der Waals surface area contributed by atoms with Gasteiger partial charge in [-0.15, -0.1) is 0 Å². The van der Waals surface area contributed by atoms with E-state index in [-0.39, 0.29) is 58.2 Å². The molecule has 1 aromatic heterocycles. The third-order valence-corrected chi connectivity index (χ3v) is 9.49. The first kappa shape index (κ1) is 22.2. The lowest BCUT2D eigenvalue weighted by atomic mass is 9.85. The number of rotatable bonds is 4. The van der Waals surface area contributed by atoms with Crippen molar-refractivity contribution >= 4 is 54.3 Å². The molecule has 10 rings (SSSR count). The van der Waals surface area contributed by atoms with Crippen LogP contribution in [0.3, 0.4) is 0 Å². The van der Waals surface area contributed by atoms with E-state index in [0.29, 0.717) is 27.7 Å². The van der Waals surface area contributed by atoms with Crippen LogP contribution in [0.5, 0.6) is 0 Å². The molecule has 1 heterocycles. The minimum Gasteiger partial charge on any atom is -0.456 e. The van der Waals surface area contributed by atoms with E-state index in [1.54, 1.807) is 6.07 Å². The molecule has 0 bridgehead atoms. The van der Waals surface area contributed by atoms with Gasteiger partial charge in [-0.3, -0.25) is 0 Å². The Bertz CT molecular complexity index is 3150. The van der Waals surface area contributed by atoms with Crippen LogP contribution in [0.25, 0.3) is 98.8 Å². The molecule has 0 aliphatic heterocycles. The lowest BCUT2D eigenvalue weighted by molar-refractivity contribution is 0.669. The summed E-state index contributed by atoms with van der Waals surface area (Å²) in [6.07, 6.45) is 0. The van der Waals surface area contributed by atoms with Crippen molar-refractivity contribution in [1.29, 1.82) is 0 Å². The molecule has 0 fully saturated rings. The van der Waals surface area contributed by atoms with E-state index in [0.717, 1.165) is 49.2 Å². The lowest BCUT2D eigenvalue weighted by Gasteiger charge is -2.18. The molecule has 0 spiro atoms. The maximum atomic E-state index is 9.69. The molecule has 49 heavy (non-hydrogen) atoms. The second-order valence-electron chi connectivity index (χ2n) is 12.3. The second kappa shape index (κ2) is 11.1. The quantitative estimate of drug-likeness (QED) is 0.177. The predicted molar refractivity (Wildman–Crippen MR) is 208 cm³/mol.